The summed E-state index contributed by atoms with van der Waals surface area (Å²) in [6.45, 7) is 5.37. The number of piperidine rings is 1. The molecule has 1 saturated heterocycles. The summed E-state index contributed by atoms with van der Waals surface area (Å²) >= 11 is 0. The molecule has 2 N–H and O–H groups in total. The van der Waals surface area contributed by atoms with Crippen molar-refractivity contribution in [2.45, 2.75) is 26.2 Å². The molecule has 2 heterocycles. The third-order valence-corrected chi connectivity index (χ3v) is 4.69. The van der Waals surface area contributed by atoms with Gasteiger partial charge in [-0.05, 0) is 44.5 Å². The average Bonchev–Trinajstić information content (AvgIpc) is 2.63. The minimum atomic E-state index is -0.674. The van der Waals surface area contributed by atoms with Crippen LogP contribution < -0.4 is 11.2 Å². The maximum absolute atomic E-state index is 12.2. The number of para-hydroxylation sites is 1. The Hall–Kier alpha value is -2.67. The van der Waals surface area contributed by atoms with E-state index in [0.717, 1.165) is 29.8 Å². The molecule has 0 aliphatic carbocycles. The molecule has 7 nitrogen and oxygen atoms in total. The Kier molecular flexibility index (Phi) is 5.68. The monoisotopic (exact) mass is 356 g/mol. The number of hydrogen-bond donors (Lipinski definition) is 2. The van der Waals surface area contributed by atoms with Gasteiger partial charge in [0.2, 0.25) is 5.88 Å². The number of nitrogens with zero attached hydrogens (tertiary/aromatic N) is 3. The highest BCUT2D eigenvalue weighted by Crippen LogP contribution is 2.18. The van der Waals surface area contributed by atoms with E-state index in [-0.39, 0.29) is 5.56 Å². The van der Waals surface area contributed by atoms with E-state index >= 15 is 0 Å². The first kappa shape index (κ1) is 18.1. The lowest BCUT2D eigenvalue weighted by Gasteiger charge is -2.25. The van der Waals surface area contributed by atoms with Gasteiger partial charge in [0.15, 0.2) is 0 Å². The van der Waals surface area contributed by atoms with Crippen LogP contribution in [-0.4, -0.2) is 52.0 Å². The number of aryl methyl sites for hydroxylation is 1. The van der Waals surface area contributed by atoms with Crippen LogP contribution in [0.2, 0.25) is 0 Å². The Bertz CT molecular complexity index is 908. The molecule has 0 radical (unpaired) electrons. The van der Waals surface area contributed by atoms with Crippen molar-refractivity contribution in [3.05, 3.63) is 56.2 Å². The normalized spacial score (nSPS) is 15.6. The Morgan fingerprint density at radius 2 is 1.92 bits per heavy atom. The number of likely N-dealkylation sites (tertiary alicyclic amines) is 1. The van der Waals surface area contributed by atoms with Gasteiger partial charge in [0.25, 0.3) is 5.56 Å². The van der Waals surface area contributed by atoms with E-state index in [9.17, 15) is 14.7 Å². The van der Waals surface area contributed by atoms with Crippen molar-refractivity contribution >= 4 is 6.21 Å². The number of aromatic amines is 1. The van der Waals surface area contributed by atoms with Gasteiger partial charge >= 0.3 is 5.69 Å². The summed E-state index contributed by atoms with van der Waals surface area (Å²) < 4.78 is 1.10. The predicted octanol–water partition coefficient (Wildman–Crippen LogP) is 1.44. The summed E-state index contributed by atoms with van der Waals surface area (Å²) in [5, 5.41) is 10.5. The van der Waals surface area contributed by atoms with Crippen LogP contribution in [0.25, 0.3) is 5.69 Å². The van der Waals surface area contributed by atoms with Gasteiger partial charge in [0.1, 0.15) is 5.56 Å². The zero-order chi connectivity index (χ0) is 18.5. The smallest absolute Gasteiger partial charge is 0.335 e. The van der Waals surface area contributed by atoms with Crippen LogP contribution in [0, 0.1) is 6.92 Å². The SMILES string of the molecule is Cc1ccccc1-n1c(O)c(C=NCCN2CCCCC2)c(=O)[nH]c1=O. The van der Waals surface area contributed by atoms with Crippen LogP contribution in [0.5, 0.6) is 5.88 Å². The molecule has 0 bridgehead atoms. The van der Waals surface area contributed by atoms with Gasteiger partial charge in [-0.1, -0.05) is 24.6 Å². The number of hydrogen-bond acceptors (Lipinski definition) is 5. The first-order chi connectivity index (χ1) is 12.6. The topological polar surface area (TPSA) is 90.7 Å². The highest BCUT2D eigenvalue weighted by Gasteiger charge is 2.15. The van der Waals surface area contributed by atoms with Gasteiger partial charge in [0, 0.05) is 12.8 Å². The van der Waals surface area contributed by atoms with Crippen LogP contribution in [0.15, 0.2) is 38.8 Å². The summed E-state index contributed by atoms with van der Waals surface area (Å²) in [5.74, 6) is -0.394. The van der Waals surface area contributed by atoms with E-state index < -0.39 is 17.1 Å². The fourth-order valence-electron chi connectivity index (χ4n) is 3.23. The van der Waals surface area contributed by atoms with Gasteiger partial charge < -0.3 is 10.0 Å². The molecule has 1 aliphatic rings. The molecule has 0 atom stereocenters. The Morgan fingerprint density at radius 3 is 2.65 bits per heavy atom. The van der Waals surface area contributed by atoms with E-state index in [1.54, 1.807) is 12.1 Å². The van der Waals surface area contributed by atoms with Crippen LogP contribution in [0.4, 0.5) is 0 Å². The van der Waals surface area contributed by atoms with Gasteiger partial charge in [-0.2, -0.15) is 0 Å². The maximum Gasteiger partial charge on any atom is 0.335 e. The van der Waals surface area contributed by atoms with E-state index in [1.807, 2.05) is 19.1 Å². The minimum Gasteiger partial charge on any atom is -0.493 e. The van der Waals surface area contributed by atoms with Crippen molar-refractivity contribution in [3.63, 3.8) is 0 Å². The molecule has 1 aromatic carbocycles. The number of aromatic hydroxyl groups is 1. The van der Waals surface area contributed by atoms with Crippen molar-refractivity contribution < 1.29 is 5.11 Å². The molecule has 7 heteroatoms. The first-order valence-electron chi connectivity index (χ1n) is 8.94. The average molecular weight is 356 g/mol. The zero-order valence-corrected chi connectivity index (χ0v) is 14.9. The van der Waals surface area contributed by atoms with Crippen LogP contribution >= 0.6 is 0 Å². The van der Waals surface area contributed by atoms with Gasteiger partial charge in [-0.15, -0.1) is 0 Å². The summed E-state index contributed by atoms with van der Waals surface area (Å²) in [6.07, 6.45) is 5.06. The third kappa shape index (κ3) is 3.94. The third-order valence-electron chi connectivity index (χ3n) is 4.69. The second-order valence-corrected chi connectivity index (χ2v) is 6.56. The van der Waals surface area contributed by atoms with Gasteiger partial charge in [0.05, 0.1) is 12.2 Å². The highest BCUT2D eigenvalue weighted by molar-refractivity contribution is 5.82. The molecule has 26 heavy (non-hydrogen) atoms. The van der Waals surface area contributed by atoms with Crippen molar-refractivity contribution in [2.75, 3.05) is 26.2 Å². The molecule has 0 saturated carbocycles. The number of aliphatic imine (C=N–C) groups is 1. The standard InChI is InChI=1S/C19H24N4O3/c1-14-7-3-4-8-16(14)23-18(25)15(17(24)21-19(23)26)13-20-9-12-22-10-5-2-6-11-22/h3-4,7-8,13,25H,2,5-6,9-12H2,1H3,(H,21,24,26). The number of aromatic nitrogens is 2. The molecule has 2 aromatic rings. The lowest BCUT2D eigenvalue weighted by Crippen LogP contribution is -2.32. The van der Waals surface area contributed by atoms with E-state index in [0.29, 0.717) is 12.2 Å². The zero-order valence-electron chi connectivity index (χ0n) is 14.9. The Morgan fingerprint density at radius 1 is 1.19 bits per heavy atom. The highest BCUT2D eigenvalue weighted by atomic mass is 16.3. The molecule has 1 fully saturated rings. The summed E-state index contributed by atoms with van der Waals surface area (Å²) in [6, 6.07) is 7.16. The molecule has 3 rings (SSSR count). The van der Waals surface area contributed by atoms with Gasteiger partial charge in [-0.3, -0.25) is 14.8 Å². The summed E-state index contributed by atoms with van der Waals surface area (Å²) in [7, 11) is 0. The van der Waals surface area contributed by atoms with Gasteiger partial charge in [-0.25, -0.2) is 9.36 Å². The molecule has 0 unspecified atom stereocenters. The number of rotatable bonds is 5. The minimum absolute atomic E-state index is 0.00787. The number of nitrogens with one attached hydrogen (secondary N) is 1. The lowest BCUT2D eigenvalue weighted by atomic mass is 10.1. The van der Waals surface area contributed by atoms with Crippen LogP contribution in [-0.2, 0) is 0 Å². The Labute approximate surface area is 151 Å². The number of H-pyrrole nitrogens is 1. The van der Waals surface area contributed by atoms with E-state index in [2.05, 4.69) is 14.9 Å². The molecular weight excluding hydrogens is 332 g/mol. The predicted molar refractivity (Wildman–Crippen MR) is 102 cm³/mol. The second kappa shape index (κ2) is 8.14. The first-order valence-corrected chi connectivity index (χ1v) is 8.94. The molecule has 138 valence electrons. The molecule has 1 aliphatic heterocycles. The van der Waals surface area contributed by atoms with E-state index in [1.165, 1.54) is 25.5 Å². The van der Waals surface area contributed by atoms with Crippen LogP contribution in [0.1, 0.15) is 30.4 Å². The maximum atomic E-state index is 12.2. The molecule has 1 aromatic heterocycles. The van der Waals surface area contributed by atoms with E-state index in [4.69, 9.17) is 0 Å². The fraction of sp³-hybridized carbons (Fsp3) is 0.421. The second-order valence-electron chi connectivity index (χ2n) is 6.56. The molecule has 0 amide bonds. The Balaban J connectivity index is 1.84. The molecular formula is C19H24N4O3. The lowest BCUT2D eigenvalue weighted by molar-refractivity contribution is 0.235. The van der Waals surface area contributed by atoms with Crippen molar-refractivity contribution in [1.29, 1.82) is 0 Å². The quantitative estimate of drug-likeness (QED) is 0.793. The van der Waals surface area contributed by atoms with Crippen molar-refractivity contribution in [2.24, 2.45) is 4.99 Å². The molecule has 0 spiro atoms. The fourth-order valence-corrected chi connectivity index (χ4v) is 3.23. The largest absolute Gasteiger partial charge is 0.493 e. The summed E-state index contributed by atoms with van der Waals surface area (Å²) in [4.78, 5) is 33.2. The summed E-state index contributed by atoms with van der Waals surface area (Å²) in [5.41, 5.74) is 0.0111. The van der Waals surface area contributed by atoms with Crippen molar-refractivity contribution in [3.8, 4) is 11.6 Å². The van der Waals surface area contributed by atoms with Crippen LogP contribution in [0.3, 0.4) is 0 Å². The van der Waals surface area contributed by atoms with Crippen molar-refractivity contribution in [1.82, 2.24) is 14.5 Å². The number of benzene rings is 1.